The first kappa shape index (κ1) is 28.2. The minimum atomic E-state index is -3.84. The Morgan fingerprint density at radius 2 is 2.00 bits per heavy atom. The van der Waals surface area contributed by atoms with Crippen molar-refractivity contribution in [1.82, 2.24) is 24.4 Å². The van der Waals surface area contributed by atoms with Gasteiger partial charge in [0.15, 0.2) is 15.5 Å². The zero-order valence-corrected chi connectivity index (χ0v) is 23.5. The van der Waals surface area contributed by atoms with Crippen LogP contribution in [0.2, 0.25) is 5.02 Å². The molecule has 0 bridgehead atoms. The average Bonchev–Trinajstić information content (AvgIpc) is 2.92. The maximum Gasteiger partial charge on any atom is 0.355 e. The highest BCUT2D eigenvalue weighted by atomic mass is 35.5. The Kier molecular flexibility index (Phi) is 7.26. The molecule has 0 radical (unpaired) electrons. The Hall–Kier alpha value is -4.36. The van der Waals surface area contributed by atoms with Crippen LogP contribution in [0.25, 0.3) is 28.0 Å². The number of nitrogens with zero attached hydrogens (tertiary/aromatic N) is 6. The Balaban J connectivity index is 1.83. The van der Waals surface area contributed by atoms with E-state index >= 15 is 0 Å². The van der Waals surface area contributed by atoms with Gasteiger partial charge < -0.3 is 14.9 Å². The number of halogens is 2. The molecule has 1 aromatic carbocycles. The maximum absolute atomic E-state index is 14.9. The molecule has 1 aliphatic rings. The van der Waals surface area contributed by atoms with Crippen LogP contribution in [0.15, 0.2) is 65.1 Å². The third kappa shape index (κ3) is 5.02. The van der Waals surface area contributed by atoms with Crippen molar-refractivity contribution < 1.29 is 22.7 Å². The van der Waals surface area contributed by atoms with E-state index in [4.69, 9.17) is 11.6 Å². The quantitative estimate of drug-likeness (QED) is 0.344. The molecule has 41 heavy (non-hydrogen) atoms. The van der Waals surface area contributed by atoms with Gasteiger partial charge in [0.05, 0.1) is 38.4 Å². The van der Waals surface area contributed by atoms with Gasteiger partial charge in [-0.15, -0.1) is 0 Å². The van der Waals surface area contributed by atoms with E-state index in [1.165, 1.54) is 42.7 Å². The van der Waals surface area contributed by atoms with Crippen LogP contribution in [0.1, 0.15) is 6.92 Å². The van der Waals surface area contributed by atoms with Crippen molar-refractivity contribution in [2.75, 3.05) is 30.8 Å². The van der Waals surface area contributed by atoms with Gasteiger partial charge in [0, 0.05) is 38.1 Å². The fraction of sp³-hybridized carbons (Fsp3) is 0.222. The molecule has 212 valence electrons. The molecule has 0 spiro atoms. The molecule has 0 aliphatic carbocycles. The highest BCUT2D eigenvalue weighted by Gasteiger charge is 2.31. The smallest absolute Gasteiger partial charge is 0.355 e. The monoisotopic (exact) mass is 598 g/mol. The molecular formula is C27H24ClFN6O5S. The number of phenolic OH excluding ortho intramolecular Hbond substituents is 1. The lowest BCUT2D eigenvalue weighted by molar-refractivity contribution is -0.126. The van der Waals surface area contributed by atoms with Crippen molar-refractivity contribution in [3.8, 4) is 22.7 Å². The second-order valence-corrected chi connectivity index (χ2v) is 11.9. The van der Waals surface area contributed by atoms with Crippen LogP contribution in [0, 0.1) is 5.82 Å². The van der Waals surface area contributed by atoms with Gasteiger partial charge >= 0.3 is 5.69 Å². The molecule has 1 amide bonds. The molecule has 1 fully saturated rings. The van der Waals surface area contributed by atoms with Crippen molar-refractivity contribution in [3.63, 3.8) is 0 Å². The number of sulfone groups is 1. The molecular weight excluding hydrogens is 575 g/mol. The van der Waals surface area contributed by atoms with E-state index in [9.17, 15) is 27.5 Å². The number of rotatable bonds is 5. The van der Waals surface area contributed by atoms with Crippen LogP contribution < -0.4 is 10.6 Å². The largest absolute Gasteiger partial charge is 0.507 e. The van der Waals surface area contributed by atoms with Gasteiger partial charge in [0.25, 0.3) is 0 Å². The summed E-state index contributed by atoms with van der Waals surface area (Å²) in [5.74, 6) is -1.27. The van der Waals surface area contributed by atoms with E-state index in [1.54, 1.807) is 4.90 Å². The van der Waals surface area contributed by atoms with Crippen molar-refractivity contribution >= 4 is 44.2 Å². The van der Waals surface area contributed by atoms with Crippen molar-refractivity contribution in [3.05, 3.63) is 76.7 Å². The van der Waals surface area contributed by atoms with Gasteiger partial charge in [-0.25, -0.2) is 27.2 Å². The number of benzene rings is 1. The highest BCUT2D eigenvalue weighted by Crippen LogP contribution is 2.38. The summed E-state index contributed by atoms with van der Waals surface area (Å²) in [7, 11) is -3.84. The minimum Gasteiger partial charge on any atom is -0.507 e. The minimum absolute atomic E-state index is 0.0474. The van der Waals surface area contributed by atoms with Crippen LogP contribution in [-0.4, -0.2) is 75.8 Å². The molecule has 1 N–H and O–H groups in total. The van der Waals surface area contributed by atoms with Crippen molar-refractivity contribution in [2.24, 2.45) is 0 Å². The van der Waals surface area contributed by atoms with Crippen molar-refractivity contribution in [1.29, 1.82) is 0 Å². The lowest BCUT2D eigenvalue weighted by Gasteiger charge is -2.40. The number of aromatic nitrogens is 4. The summed E-state index contributed by atoms with van der Waals surface area (Å²) in [6.07, 6.45) is 4.68. The third-order valence-corrected chi connectivity index (χ3v) is 8.25. The summed E-state index contributed by atoms with van der Waals surface area (Å²) >= 11 is 6.61. The molecule has 1 atom stereocenters. The maximum atomic E-state index is 14.9. The first-order valence-corrected chi connectivity index (χ1v) is 14.6. The van der Waals surface area contributed by atoms with Crippen LogP contribution in [0.4, 0.5) is 10.2 Å². The summed E-state index contributed by atoms with van der Waals surface area (Å²) in [6.45, 7) is 6.34. The number of hydrogen-bond donors (Lipinski definition) is 1. The van der Waals surface area contributed by atoms with E-state index < -0.39 is 27.1 Å². The number of carbonyl (C=O) groups is 1. The number of hydrogen-bond acceptors (Lipinski definition) is 9. The SMILES string of the molecule is C=CC(=O)N1CCN(c2nc(=O)n(-c3cnccc3S(C)(=O)=O)c3nc(-c4c(O)cccc4F)c(Cl)cc23)[C@@H](C)C1. The van der Waals surface area contributed by atoms with Crippen LogP contribution in [-0.2, 0) is 14.6 Å². The standard InChI is InChI=1S/C27H24ClFN6O5S/c1-4-22(37)33-10-11-34(15(2)14-33)25-16-12-17(28)24(23-18(29)6-5-7-20(23)36)31-26(16)35(27(38)32-25)19-13-30-9-8-21(19)41(3,39)40/h4-9,12-13,15,36H,1,10-11,14H2,2-3H3/t15-/m0/s1. The number of anilines is 1. The third-order valence-electron chi connectivity index (χ3n) is 6.82. The first-order valence-electron chi connectivity index (χ1n) is 12.4. The van der Waals surface area contributed by atoms with Gasteiger partial charge in [0.2, 0.25) is 5.91 Å². The molecule has 14 heteroatoms. The summed E-state index contributed by atoms with van der Waals surface area (Å²) < 4.78 is 41.2. The summed E-state index contributed by atoms with van der Waals surface area (Å²) in [5, 5.41) is 10.7. The van der Waals surface area contributed by atoms with Gasteiger partial charge in [-0.1, -0.05) is 24.2 Å². The fourth-order valence-corrected chi connectivity index (χ4v) is 6.00. The molecule has 4 heterocycles. The van der Waals surface area contributed by atoms with Gasteiger partial charge in [-0.2, -0.15) is 4.98 Å². The Morgan fingerprint density at radius 1 is 1.24 bits per heavy atom. The Labute approximate surface area is 239 Å². The Morgan fingerprint density at radius 3 is 2.66 bits per heavy atom. The fourth-order valence-electron chi connectivity index (χ4n) is 4.92. The number of amides is 1. The average molecular weight is 599 g/mol. The molecule has 3 aromatic heterocycles. The molecule has 4 aromatic rings. The lowest BCUT2D eigenvalue weighted by atomic mass is 10.1. The second kappa shape index (κ2) is 10.6. The molecule has 11 nitrogen and oxygen atoms in total. The molecule has 1 aliphatic heterocycles. The van der Waals surface area contributed by atoms with Crippen LogP contribution in [0.5, 0.6) is 5.75 Å². The summed E-state index contributed by atoms with van der Waals surface area (Å²) in [6, 6.07) is 6.09. The van der Waals surface area contributed by atoms with Crippen LogP contribution >= 0.6 is 11.6 Å². The van der Waals surface area contributed by atoms with Crippen LogP contribution in [0.3, 0.4) is 0 Å². The number of fused-ring (bicyclic) bond motifs is 1. The number of carbonyl (C=O) groups excluding carboxylic acids is 1. The predicted molar refractivity (Wildman–Crippen MR) is 152 cm³/mol. The highest BCUT2D eigenvalue weighted by molar-refractivity contribution is 7.90. The molecule has 1 saturated heterocycles. The molecule has 5 rings (SSSR count). The summed E-state index contributed by atoms with van der Waals surface area (Å²) in [4.78, 5) is 42.0. The Bertz CT molecular complexity index is 1880. The van der Waals surface area contributed by atoms with E-state index in [2.05, 4.69) is 21.5 Å². The van der Waals surface area contributed by atoms with E-state index in [-0.39, 0.29) is 55.7 Å². The normalized spacial score (nSPS) is 15.8. The number of aromatic hydroxyl groups is 1. The first-order chi connectivity index (χ1) is 19.4. The van der Waals surface area contributed by atoms with E-state index in [0.717, 1.165) is 16.9 Å². The number of phenols is 1. The van der Waals surface area contributed by atoms with E-state index in [1.807, 2.05) is 11.8 Å². The van der Waals surface area contributed by atoms with Gasteiger partial charge in [-0.05, 0) is 37.3 Å². The van der Waals surface area contributed by atoms with Crippen molar-refractivity contribution in [2.45, 2.75) is 17.9 Å². The zero-order chi connectivity index (χ0) is 29.6. The zero-order valence-electron chi connectivity index (χ0n) is 22.0. The number of pyridine rings is 2. The molecule has 0 saturated carbocycles. The molecule has 0 unspecified atom stereocenters. The number of piperazine rings is 1. The second-order valence-electron chi connectivity index (χ2n) is 9.52. The topological polar surface area (TPSA) is 139 Å². The lowest BCUT2D eigenvalue weighted by Crippen LogP contribution is -2.54. The predicted octanol–water partition coefficient (Wildman–Crippen LogP) is 2.97. The van der Waals surface area contributed by atoms with Gasteiger partial charge in [-0.3, -0.25) is 9.78 Å². The summed E-state index contributed by atoms with van der Waals surface area (Å²) in [5.41, 5.74) is -1.54. The van der Waals surface area contributed by atoms with E-state index in [0.29, 0.717) is 19.6 Å². The van der Waals surface area contributed by atoms with Gasteiger partial charge in [0.1, 0.15) is 17.4 Å².